The number of esters is 1. The van der Waals surface area contributed by atoms with Crippen molar-refractivity contribution in [2.24, 2.45) is 0 Å². The molecule has 1 amide bonds. The first-order valence-corrected chi connectivity index (χ1v) is 7.83. The normalized spacial score (nSPS) is 13.0. The first kappa shape index (κ1) is 18.3. The fourth-order valence-electron chi connectivity index (χ4n) is 1.89. The van der Waals surface area contributed by atoms with Crippen LogP contribution in [0, 0.1) is 0 Å². The fraction of sp³-hybridized carbons (Fsp3) is 0.176. The summed E-state index contributed by atoms with van der Waals surface area (Å²) in [5, 5.41) is 13.2. The van der Waals surface area contributed by atoms with E-state index in [-0.39, 0.29) is 0 Å². The molecule has 2 rings (SSSR count). The van der Waals surface area contributed by atoms with E-state index in [0.29, 0.717) is 21.3 Å². The Hall–Kier alpha value is -2.08. The molecule has 5 nitrogen and oxygen atoms in total. The summed E-state index contributed by atoms with van der Waals surface area (Å²) < 4.78 is 4.99. The van der Waals surface area contributed by atoms with Crippen LogP contribution >= 0.6 is 23.2 Å². The minimum atomic E-state index is -1.46. The van der Waals surface area contributed by atoms with E-state index in [0.717, 1.165) is 0 Å². The molecule has 0 saturated carbocycles. The Morgan fingerprint density at radius 3 is 2.46 bits per heavy atom. The molecule has 2 aromatic rings. The van der Waals surface area contributed by atoms with Crippen molar-refractivity contribution in [3.8, 4) is 0 Å². The van der Waals surface area contributed by atoms with Gasteiger partial charge in [-0.15, -0.1) is 0 Å². The van der Waals surface area contributed by atoms with E-state index in [1.54, 1.807) is 36.4 Å². The van der Waals surface area contributed by atoms with Crippen LogP contribution in [0.1, 0.15) is 18.6 Å². The highest BCUT2D eigenvalue weighted by molar-refractivity contribution is 6.35. The zero-order valence-corrected chi connectivity index (χ0v) is 14.2. The van der Waals surface area contributed by atoms with E-state index in [1.807, 2.05) is 0 Å². The lowest BCUT2D eigenvalue weighted by Gasteiger charge is -2.16. The number of halogens is 2. The number of ether oxygens (including phenoxy) is 1. The van der Waals surface area contributed by atoms with Gasteiger partial charge in [-0.25, -0.2) is 4.79 Å². The highest BCUT2D eigenvalue weighted by atomic mass is 35.5. The summed E-state index contributed by atoms with van der Waals surface area (Å²) in [5.41, 5.74) is 0.689. The molecule has 0 fully saturated rings. The predicted molar refractivity (Wildman–Crippen MR) is 92.0 cm³/mol. The van der Waals surface area contributed by atoms with Crippen LogP contribution in [0.3, 0.4) is 0 Å². The number of rotatable bonds is 5. The number of aliphatic hydroxyl groups is 1. The Balaban J connectivity index is 1.98. The van der Waals surface area contributed by atoms with Crippen LogP contribution in [0.4, 0.5) is 5.69 Å². The second kappa shape index (κ2) is 8.15. The molecule has 2 aromatic carbocycles. The third kappa shape index (κ3) is 4.71. The van der Waals surface area contributed by atoms with E-state index in [2.05, 4.69) is 5.32 Å². The van der Waals surface area contributed by atoms with Crippen molar-refractivity contribution in [3.63, 3.8) is 0 Å². The number of benzene rings is 2. The molecule has 0 aliphatic heterocycles. The molecule has 0 unspecified atom stereocenters. The highest BCUT2D eigenvalue weighted by Crippen LogP contribution is 2.25. The number of hydrogen-bond donors (Lipinski definition) is 2. The Labute approximate surface area is 149 Å². The minimum absolute atomic E-state index is 0.301. The van der Waals surface area contributed by atoms with Crippen molar-refractivity contribution < 1.29 is 19.4 Å². The van der Waals surface area contributed by atoms with Crippen LogP contribution in [0.2, 0.25) is 10.0 Å². The summed E-state index contributed by atoms with van der Waals surface area (Å²) in [5.74, 6) is -1.51. The Morgan fingerprint density at radius 1 is 1.12 bits per heavy atom. The van der Waals surface area contributed by atoms with Gasteiger partial charge >= 0.3 is 5.97 Å². The largest absolute Gasteiger partial charge is 0.450 e. The monoisotopic (exact) mass is 367 g/mol. The van der Waals surface area contributed by atoms with Crippen molar-refractivity contribution in [2.75, 3.05) is 5.32 Å². The number of nitrogens with one attached hydrogen (secondary N) is 1. The topological polar surface area (TPSA) is 75.6 Å². The number of anilines is 1. The van der Waals surface area contributed by atoms with Crippen molar-refractivity contribution in [3.05, 3.63) is 64.1 Å². The van der Waals surface area contributed by atoms with Gasteiger partial charge in [-0.3, -0.25) is 4.79 Å². The van der Waals surface area contributed by atoms with Crippen LogP contribution in [-0.4, -0.2) is 23.1 Å². The third-order valence-electron chi connectivity index (χ3n) is 3.19. The van der Waals surface area contributed by atoms with Crippen LogP contribution in [0.15, 0.2) is 48.5 Å². The lowest BCUT2D eigenvalue weighted by molar-refractivity contribution is -0.162. The van der Waals surface area contributed by atoms with E-state index in [1.165, 1.54) is 19.1 Å². The van der Waals surface area contributed by atoms with E-state index < -0.39 is 24.1 Å². The van der Waals surface area contributed by atoms with Crippen molar-refractivity contribution in [1.82, 2.24) is 0 Å². The second-order valence-corrected chi connectivity index (χ2v) is 5.85. The summed E-state index contributed by atoms with van der Waals surface area (Å²) in [7, 11) is 0. The van der Waals surface area contributed by atoms with Crippen LogP contribution in [0.25, 0.3) is 0 Å². The Bertz CT molecular complexity index is 737. The van der Waals surface area contributed by atoms with E-state index in [9.17, 15) is 14.7 Å². The van der Waals surface area contributed by atoms with E-state index in [4.69, 9.17) is 27.9 Å². The summed E-state index contributed by atoms with van der Waals surface area (Å²) in [6.45, 7) is 1.39. The summed E-state index contributed by atoms with van der Waals surface area (Å²) >= 11 is 11.8. The number of amides is 1. The molecular weight excluding hydrogens is 353 g/mol. The van der Waals surface area contributed by atoms with E-state index >= 15 is 0 Å². The van der Waals surface area contributed by atoms with Gasteiger partial charge in [-0.1, -0.05) is 53.5 Å². The average Bonchev–Trinajstić information content (AvgIpc) is 2.58. The molecule has 0 saturated heterocycles. The molecule has 2 N–H and O–H groups in total. The van der Waals surface area contributed by atoms with Gasteiger partial charge in [0, 0.05) is 5.02 Å². The molecule has 7 heteroatoms. The lowest BCUT2D eigenvalue weighted by Crippen LogP contribution is -2.31. The van der Waals surface area contributed by atoms with Gasteiger partial charge in [0.1, 0.15) is 0 Å². The van der Waals surface area contributed by atoms with Gasteiger partial charge in [0.2, 0.25) is 0 Å². The number of carbonyl (C=O) groups is 2. The van der Waals surface area contributed by atoms with Gasteiger partial charge in [-0.05, 0) is 30.7 Å². The summed E-state index contributed by atoms with van der Waals surface area (Å²) in [6.07, 6.45) is -2.58. The first-order valence-electron chi connectivity index (χ1n) is 7.08. The smallest absolute Gasteiger partial charge is 0.340 e. The average molecular weight is 368 g/mol. The molecule has 0 bridgehead atoms. The standard InChI is InChI=1S/C17H15Cl2NO4/c1-10(16(22)20-14-9-12(18)7-8-13(14)19)24-17(23)15(21)11-5-3-2-4-6-11/h2-10,15,21H,1H3,(H,20,22)/t10-,15-/m0/s1. The van der Waals surface area contributed by atoms with Gasteiger partial charge in [0.15, 0.2) is 12.2 Å². The first-order chi connectivity index (χ1) is 11.4. The number of aliphatic hydroxyl groups excluding tert-OH is 1. The zero-order valence-electron chi connectivity index (χ0n) is 12.7. The third-order valence-corrected chi connectivity index (χ3v) is 3.75. The lowest BCUT2D eigenvalue weighted by atomic mass is 10.1. The van der Waals surface area contributed by atoms with Gasteiger partial charge in [0.25, 0.3) is 5.91 Å². The number of carbonyl (C=O) groups excluding carboxylic acids is 2. The Morgan fingerprint density at radius 2 is 1.79 bits per heavy atom. The maximum absolute atomic E-state index is 12.1. The maximum Gasteiger partial charge on any atom is 0.340 e. The molecule has 0 aromatic heterocycles. The summed E-state index contributed by atoms with van der Waals surface area (Å²) in [4.78, 5) is 24.0. The van der Waals surface area contributed by atoms with Crippen molar-refractivity contribution >= 4 is 40.8 Å². The molecular formula is C17H15Cl2NO4. The molecule has 0 radical (unpaired) electrons. The molecule has 24 heavy (non-hydrogen) atoms. The quantitative estimate of drug-likeness (QED) is 0.791. The molecule has 0 heterocycles. The van der Waals surface area contributed by atoms with Gasteiger partial charge < -0.3 is 15.2 Å². The maximum atomic E-state index is 12.1. The van der Waals surface area contributed by atoms with Crippen LogP contribution in [0.5, 0.6) is 0 Å². The molecule has 0 spiro atoms. The van der Waals surface area contributed by atoms with Crippen molar-refractivity contribution in [1.29, 1.82) is 0 Å². The van der Waals surface area contributed by atoms with Gasteiger partial charge in [-0.2, -0.15) is 0 Å². The molecule has 0 aliphatic rings. The van der Waals surface area contributed by atoms with Crippen LogP contribution in [-0.2, 0) is 14.3 Å². The highest BCUT2D eigenvalue weighted by Gasteiger charge is 2.24. The zero-order chi connectivity index (χ0) is 17.7. The second-order valence-electron chi connectivity index (χ2n) is 5.01. The number of hydrogen-bond acceptors (Lipinski definition) is 4. The molecule has 2 atom stereocenters. The van der Waals surface area contributed by atoms with Crippen molar-refractivity contribution in [2.45, 2.75) is 19.1 Å². The SMILES string of the molecule is C[C@H](OC(=O)[C@@H](O)c1ccccc1)C(=O)Nc1cc(Cl)ccc1Cl. The molecule has 126 valence electrons. The molecule has 0 aliphatic carbocycles. The van der Waals surface area contributed by atoms with Crippen LogP contribution < -0.4 is 5.32 Å². The Kier molecular flexibility index (Phi) is 6.20. The fourth-order valence-corrected chi connectivity index (χ4v) is 2.23. The van der Waals surface area contributed by atoms with Gasteiger partial charge in [0.05, 0.1) is 10.7 Å². The predicted octanol–water partition coefficient (Wildman–Crippen LogP) is 3.60. The minimum Gasteiger partial charge on any atom is -0.450 e. The summed E-state index contributed by atoms with van der Waals surface area (Å²) in [6, 6.07) is 12.9.